The molecule has 2 rings (SSSR count). The predicted molar refractivity (Wildman–Crippen MR) is 89.8 cm³/mol. The number of hydrogen-bond acceptors (Lipinski definition) is 5. The van der Waals surface area contributed by atoms with Crippen molar-refractivity contribution in [1.29, 1.82) is 0 Å². The Bertz CT molecular complexity index is 728. The summed E-state index contributed by atoms with van der Waals surface area (Å²) in [6.07, 6.45) is 0.898. The molecule has 1 saturated heterocycles. The lowest BCUT2D eigenvalue weighted by Crippen LogP contribution is -2.41. The number of nitrogens with zero attached hydrogens (tertiary/aromatic N) is 1. The number of carbonyl (C=O) groups is 2. The molecule has 1 atom stereocenters. The molecule has 1 unspecified atom stereocenters. The SMILES string of the molecule is CCCC(NC(=O)c1cccc(S(=O)(=O)N2CCOCC2)c1)C(=O)O. The molecule has 0 aliphatic carbocycles. The molecule has 1 aromatic carbocycles. The minimum Gasteiger partial charge on any atom is -0.480 e. The van der Waals surface area contributed by atoms with E-state index in [0.29, 0.717) is 26.1 Å². The molecular weight excluding hydrogens is 348 g/mol. The quantitative estimate of drug-likeness (QED) is 0.730. The monoisotopic (exact) mass is 370 g/mol. The normalized spacial score (nSPS) is 17.0. The maximum Gasteiger partial charge on any atom is 0.326 e. The van der Waals surface area contributed by atoms with Gasteiger partial charge in [0.1, 0.15) is 6.04 Å². The van der Waals surface area contributed by atoms with E-state index in [1.165, 1.54) is 28.6 Å². The maximum atomic E-state index is 12.6. The van der Waals surface area contributed by atoms with Crippen LogP contribution >= 0.6 is 0 Å². The van der Waals surface area contributed by atoms with Gasteiger partial charge in [-0.05, 0) is 24.6 Å². The number of carboxylic acids is 1. The van der Waals surface area contributed by atoms with Crippen LogP contribution in [0.5, 0.6) is 0 Å². The molecule has 1 aromatic rings. The molecule has 0 saturated carbocycles. The van der Waals surface area contributed by atoms with Gasteiger partial charge in [-0.1, -0.05) is 19.4 Å². The number of aliphatic carboxylic acids is 1. The number of benzene rings is 1. The van der Waals surface area contributed by atoms with Gasteiger partial charge in [0.2, 0.25) is 10.0 Å². The van der Waals surface area contributed by atoms with Crippen LogP contribution in [0.1, 0.15) is 30.1 Å². The largest absolute Gasteiger partial charge is 0.480 e. The van der Waals surface area contributed by atoms with Crippen LogP contribution in [0.15, 0.2) is 29.2 Å². The molecule has 9 heteroatoms. The molecule has 8 nitrogen and oxygen atoms in total. The van der Waals surface area contributed by atoms with Gasteiger partial charge in [-0.2, -0.15) is 4.31 Å². The lowest BCUT2D eigenvalue weighted by atomic mass is 10.1. The van der Waals surface area contributed by atoms with Crippen LogP contribution in [0.3, 0.4) is 0 Å². The van der Waals surface area contributed by atoms with E-state index < -0.39 is 27.9 Å². The van der Waals surface area contributed by atoms with Gasteiger partial charge in [-0.3, -0.25) is 4.79 Å². The molecule has 138 valence electrons. The minimum absolute atomic E-state index is 0.00409. The highest BCUT2D eigenvalue weighted by Gasteiger charge is 2.27. The Hall–Kier alpha value is -1.97. The smallest absolute Gasteiger partial charge is 0.326 e. The molecule has 2 N–H and O–H groups in total. The molecule has 25 heavy (non-hydrogen) atoms. The van der Waals surface area contributed by atoms with Crippen LogP contribution in [0.25, 0.3) is 0 Å². The molecule has 0 spiro atoms. The van der Waals surface area contributed by atoms with Gasteiger partial charge in [-0.25, -0.2) is 13.2 Å². The van der Waals surface area contributed by atoms with Gasteiger partial charge >= 0.3 is 5.97 Å². The second-order valence-corrected chi connectivity index (χ2v) is 7.64. The summed E-state index contributed by atoms with van der Waals surface area (Å²) in [6, 6.07) is 4.61. The lowest BCUT2D eigenvalue weighted by molar-refractivity contribution is -0.139. The first-order valence-corrected chi connectivity index (χ1v) is 9.52. The van der Waals surface area contributed by atoms with E-state index in [2.05, 4.69) is 5.32 Å². The highest BCUT2D eigenvalue weighted by atomic mass is 32.2. The van der Waals surface area contributed by atoms with E-state index in [4.69, 9.17) is 9.84 Å². The average molecular weight is 370 g/mol. The standard InChI is InChI=1S/C16H22N2O6S/c1-2-4-14(16(20)21)17-15(19)12-5-3-6-13(11-12)25(22,23)18-7-9-24-10-8-18/h3,5-6,11,14H,2,4,7-10H2,1H3,(H,17,19)(H,20,21). The van der Waals surface area contributed by atoms with Gasteiger partial charge in [0, 0.05) is 18.7 Å². The fraction of sp³-hybridized carbons (Fsp3) is 0.500. The van der Waals surface area contributed by atoms with Crippen molar-refractivity contribution in [2.75, 3.05) is 26.3 Å². The van der Waals surface area contributed by atoms with Crippen LogP contribution < -0.4 is 5.32 Å². The van der Waals surface area contributed by atoms with E-state index >= 15 is 0 Å². The van der Waals surface area contributed by atoms with Gasteiger partial charge in [0.25, 0.3) is 5.91 Å². The van der Waals surface area contributed by atoms with Crippen molar-refractivity contribution in [2.24, 2.45) is 0 Å². The zero-order valence-corrected chi connectivity index (χ0v) is 14.8. The summed E-state index contributed by atoms with van der Waals surface area (Å²) in [5.74, 6) is -1.73. The summed E-state index contributed by atoms with van der Waals surface area (Å²) >= 11 is 0. The van der Waals surface area contributed by atoms with Crippen LogP contribution in [0, 0.1) is 0 Å². The Balaban J connectivity index is 2.20. The second-order valence-electron chi connectivity index (χ2n) is 5.70. The Labute approximate surface area is 146 Å². The molecular formula is C16H22N2O6S. The van der Waals surface area contributed by atoms with Crippen molar-refractivity contribution in [1.82, 2.24) is 9.62 Å². The minimum atomic E-state index is -3.72. The van der Waals surface area contributed by atoms with Crippen molar-refractivity contribution in [3.63, 3.8) is 0 Å². The Kier molecular flexibility index (Phi) is 6.51. The molecule has 0 aromatic heterocycles. The molecule has 0 radical (unpaired) electrons. The summed E-state index contributed by atoms with van der Waals surface area (Å²) in [5, 5.41) is 11.6. The average Bonchev–Trinajstić information content (AvgIpc) is 2.62. The molecule has 1 fully saturated rings. The number of nitrogens with one attached hydrogen (secondary N) is 1. The van der Waals surface area contributed by atoms with Crippen molar-refractivity contribution in [3.05, 3.63) is 29.8 Å². The number of carboxylic acid groups (broad SMARTS) is 1. The Morgan fingerprint density at radius 1 is 1.32 bits per heavy atom. The number of hydrogen-bond donors (Lipinski definition) is 2. The van der Waals surface area contributed by atoms with Crippen molar-refractivity contribution >= 4 is 21.9 Å². The number of sulfonamides is 1. The number of morpholine rings is 1. The van der Waals surface area contributed by atoms with Crippen molar-refractivity contribution < 1.29 is 27.9 Å². The third-order valence-electron chi connectivity index (χ3n) is 3.88. The molecule has 1 amide bonds. The first-order chi connectivity index (χ1) is 11.9. The summed E-state index contributed by atoms with van der Waals surface area (Å²) in [5.41, 5.74) is 0.108. The van der Waals surface area contributed by atoms with E-state index in [0.717, 1.165) is 0 Å². The van der Waals surface area contributed by atoms with Crippen LogP contribution in [-0.2, 0) is 19.6 Å². The number of rotatable bonds is 7. The Morgan fingerprint density at radius 2 is 2.00 bits per heavy atom. The lowest BCUT2D eigenvalue weighted by Gasteiger charge is -2.26. The van der Waals surface area contributed by atoms with E-state index in [1.807, 2.05) is 6.92 Å². The maximum absolute atomic E-state index is 12.6. The van der Waals surface area contributed by atoms with Crippen molar-refractivity contribution in [2.45, 2.75) is 30.7 Å². The zero-order chi connectivity index (χ0) is 18.4. The van der Waals surface area contributed by atoms with Crippen LogP contribution in [0.4, 0.5) is 0 Å². The van der Waals surface area contributed by atoms with E-state index in [9.17, 15) is 18.0 Å². The van der Waals surface area contributed by atoms with Gasteiger partial charge in [0.15, 0.2) is 0 Å². The predicted octanol–water partition coefficient (Wildman–Crippen LogP) is 0.691. The molecule has 1 heterocycles. The Morgan fingerprint density at radius 3 is 2.60 bits per heavy atom. The van der Waals surface area contributed by atoms with Crippen LogP contribution in [-0.4, -0.2) is 62.1 Å². The summed E-state index contributed by atoms with van der Waals surface area (Å²) in [7, 11) is -3.72. The zero-order valence-electron chi connectivity index (χ0n) is 14.0. The van der Waals surface area contributed by atoms with Crippen LogP contribution in [0.2, 0.25) is 0 Å². The third kappa shape index (κ3) is 4.77. The molecule has 1 aliphatic rings. The van der Waals surface area contributed by atoms with Gasteiger partial charge < -0.3 is 15.2 Å². The fourth-order valence-electron chi connectivity index (χ4n) is 2.52. The highest BCUT2D eigenvalue weighted by molar-refractivity contribution is 7.89. The first-order valence-electron chi connectivity index (χ1n) is 8.08. The molecule has 0 bridgehead atoms. The van der Waals surface area contributed by atoms with Gasteiger partial charge in [-0.15, -0.1) is 0 Å². The first kappa shape index (κ1) is 19.4. The molecule has 1 aliphatic heterocycles. The number of amides is 1. The van der Waals surface area contributed by atoms with Crippen molar-refractivity contribution in [3.8, 4) is 0 Å². The fourth-order valence-corrected chi connectivity index (χ4v) is 3.98. The summed E-state index contributed by atoms with van der Waals surface area (Å²) < 4.78 is 31.7. The summed E-state index contributed by atoms with van der Waals surface area (Å²) in [4.78, 5) is 23.5. The summed E-state index contributed by atoms with van der Waals surface area (Å²) in [6.45, 7) is 3.00. The highest BCUT2D eigenvalue weighted by Crippen LogP contribution is 2.18. The number of carbonyl (C=O) groups excluding carboxylic acids is 1. The third-order valence-corrected chi connectivity index (χ3v) is 5.78. The van der Waals surface area contributed by atoms with E-state index in [1.54, 1.807) is 0 Å². The topological polar surface area (TPSA) is 113 Å². The second kappa shape index (κ2) is 8.41. The number of ether oxygens (including phenoxy) is 1. The van der Waals surface area contributed by atoms with E-state index in [-0.39, 0.29) is 23.5 Å². The van der Waals surface area contributed by atoms with Gasteiger partial charge in [0.05, 0.1) is 18.1 Å².